The predicted molar refractivity (Wildman–Crippen MR) is 48.9 cm³/mol. The minimum atomic E-state index is -4.79. The summed E-state index contributed by atoms with van der Waals surface area (Å²) in [6.07, 6.45) is -9.57. The first-order valence-corrected chi connectivity index (χ1v) is 4.62. The molecule has 7 heteroatoms. The molecule has 96 valence electrons. The summed E-state index contributed by atoms with van der Waals surface area (Å²) in [6, 6.07) is 1.54. The maximum Gasteiger partial charge on any atom is 0.416 e. The second kappa shape index (κ2) is 4.21. The van der Waals surface area contributed by atoms with E-state index in [9.17, 15) is 26.3 Å². The van der Waals surface area contributed by atoms with Crippen LogP contribution in [0, 0.1) is 0 Å². The molecule has 0 heterocycles. The molecule has 1 rings (SSSR count). The monoisotopic (exact) mass is 258 g/mol. The summed E-state index contributed by atoms with van der Waals surface area (Å²) < 4.78 is 74.5. The van der Waals surface area contributed by atoms with E-state index in [4.69, 9.17) is 0 Å². The highest BCUT2D eigenvalue weighted by molar-refractivity contribution is 5.41. The number of halogens is 6. The summed E-state index contributed by atoms with van der Waals surface area (Å²) in [6.45, 7) is 0. The molecule has 0 aliphatic rings. The summed E-state index contributed by atoms with van der Waals surface area (Å²) in [4.78, 5) is 0.390. The maximum atomic E-state index is 12.4. The van der Waals surface area contributed by atoms with Gasteiger partial charge in [-0.1, -0.05) is 0 Å². The van der Waals surface area contributed by atoms with Crippen LogP contribution in [0.15, 0.2) is 18.2 Å². The highest BCUT2D eigenvalue weighted by Gasteiger charge is 2.37. The number of benzene rings is 1. The number of alkyl halides is 6. The van der Waals surface area contributed by atoms with Crippen LogP contribution in [-0.2, 0) is 12.4 Å². The van der Waals surface area contributed by atoms with Gasteiger partial charge in [-0.15, -0.1) is 0 Å². The highest BCUT2D eigenvalue weighted by Crippen LogP contribution is 2.36. The Kier molecular flexibility index (Phi) is 3.42. The van der Waals surface area contributed by atoms with Crippen LogP contribution in [-0.4, -0.2) is 14.1 Å². The third-order valence-electron chi connectivity index (χ3n) is 2.17. The summed E-state index contributed by atoms with van der Waals surface area (Å²) in [5.74, 6) is 0. The Morgan fingerprint density at radius 3 is 1.35 bits per heavy atom. The van der Waals surface area contributed by atoms with Gasteiger partial charge in [-0.2, -0.15) is 26.3 Å². The molecule has 0 saturated carbocycles. The molecule has 0 fully saturated rings. The van der Waals surface area contributed by atoms with Crippen LogP contribution in [0.25, 0.3) is 0 Å². The number of hydrogen-bond donors (Lipinski definition) is 1. The van der Waals surface area contributed by atoms with Gasteiger partial charge in [0.2, 0.25) is 0 Å². The highest BCUT2D eigenvalue weighted by atomic mass is 19.4. The average molecular weight is 258 g/mol. The molecule has 1 N–H and O–H groups in total. The predicted octanol–water partition coefficient (Wildman–Crippen LogP) is 2.50. The molecule has 1 nitrogen and oxygen atoms in total. The van der Waals surface area contributed by atoms with E-state index in [-0.39, 0.29) is 11.8 Å². The molecule has 0 saturated heterocycles. The van der Waals surface area contributed by atoms with E-state index in [0.29, 0.717) is 17.0 Å². The lowest BCUT2D eigenvalue weighted by Crippen LogP contribution is -3.00. The normalized spacial score (nSPS) is 13.2. The van der Waals surface area contributed by atoms with Gasteiger partial charge in [-0.3, -0.25) is 0 Å². The lowest BCUT2D eigenvalue weighted by molar-refractivity contribution is -0.786. The van der Waals surface area contributed by atoms with E-state index < -0.39 is 23.5 Å². The van der Waals surface area contributed by atoms with Crippen molar-refractivity contribution >= 4 is 5.69 Å². The van der Waals surface area contributed by atoms with Gasteiger partial charge >= 0.3 is 12.4 Å². The molecule has 0 aliphatic heterocycles. The van der Waals surface area contributed by atoms with Gasteiger partial charge in [0, 0.05) is 12.1 Å². The Labute approximate surface area is 93.6 Å². The molecule has 17 heavy (non-hydrogen) atoms. The fourth-order valence-electron chi connectivity index (χ4n) is 1.24. The molecule has 0 aliphatic carbocycles. The van der Waals surface area contributed by atoms with Crippen LogP contribution in [0.2, 0.25) is 0 Å². The first-order valence-electron chi connectivity index (χ1n) is 4.62. The van der Waals surface area contributed by atoms with Crippen LogP contribution in [0.4, 0.5) is 32.0 Å². The fourth-order valence-corrected chi connectivity index (χ4v) is 1.24. The zero-order valence-corrected chi connectivity index (χ0v) is 9.00. The van der Waals surface area contributed by atoms with Crippen molar-refractivity contribution in [2.45, 2.75) is 12.4 Å². The Morgan fingerprint density at radius 2 is 1.12 bits per heavy atom. The summed E-state index contributed by atoms with van der Waals surface area (Å²) in [5.41, 5.74) is -2.64. The SMILES string of the molecule is C[NH+](C)c1cc(C(F)(F)F)cc(C(F)(F)F)c1. The minimum Gasteiger partial charge on any atom is -0.307 e. The van der Waals surface area contributed by atoms with Crippen molar-refractivity contribution in [1.82, 2.24) is 0 Å². The van der Waals surface area contributed by atoms with Crippen molar-refractivity contribution in [2.24, 2.45) is 0 Å². The fraction of sp³-hybridized carbons (Fsp3) is 0.400. The standard InChI is InChI=1S/C10H9F6N/c1-17(2)8-4-6(9(11,12)13)3-7(5-8)10(14,15)16/h3-5H,1-2H3/p+1. The first-order chi connectivity index (χ1) is 7.51. The molecular formula is C10H10F6N+. The molecule has 1 aromatic rings. The Hall–Kier alpha value is -1.24. The minimum absolute atomic E-state index is 0.0628. The molecule has 0 atom stereocenters. The molecule has 0 spiro atoms. The van der Waals surface area contributed by atoms with Gasteiger partial charge in [-0.05, 0) is 6.07 Å². The van der Waals surface area contributed by atoms with E-state index in [1.807, 2.05) is 0 Å². The summed E-state index contributed by atoms with van der Waals surface area (Å²) >= 11 is 0. The van der Waals surface area contributed by atoms with Crippen molar-refractivity contribution in [3.8, 4) is 0 Å². The van der Waals surface area contributed by atoms with Crippen LogP contribution < -0.4 is 4.90 Å². The lowest BCUT2D eigenvalue weighted by Gasteiger charge is -2.15. The van der Waals surface area contributed by atoms with Crippen molar-refractivity contribution in [3.05, 3.63) is 29.3 Å². The Balaban J connectivity index is 3.40. The Morgan fingerprint density at radius 1 is 0.765 bits per heavy atom. The molecule has 0 bridgehead atoms. The second-order valence-electron chi connectivity index (χ2n) is 3.79. The van der Waals surface area contributed by atoms with E-state index in [1.54, 1.807) is 0 Å². The van der Waals surface area contributed by atoms with Crippen LogP contribution in [0.1, 0.15) is 11.1 Å². The zero-order chi connectivity index (χ0) is 13.4. The van der Waals surface area contributed by atoms with Gasteiger partial charge in [0.15, 0.2) is 0 Å². The molecular weight excluding hydrogens is 248 g/mol. The summed E-state index contributed by atoms with van der Waals surface area (Å²) in [7, 11) is 2.91. The molecule has 0 amide bonds. The quantitative estimate of drug-likeness (QED) is 0.738. The largest absolute Gasteiger partial charge is 0.416 e. The van der Waals surface area contributed by atoms with Crippen molar-refractivity contribution < 1.29 is 31.2 Å². The van der Waals surface area contributed by atoms with Crippen molar-refractivity contribution in [1.29, 1.82) is 0 Å². The van der Waals surface area contributed by atoms with Gasteiger partial charge in [0.1, 0.15) is 5.69 Å². The number of nitrogens with one attached hydrogen (secondary N) is 1. The number of rotatable bonds is 1. The Bertz CT molecular complexity index is 372. The number of quaternary nitrogens is 1. The van der Waals surface area contributed by atoms with Gasteiger partial charge < -0.3 is 4.90 Å². The lowest BCUT2D eigenvalue weighted by atomic mass is 10.1. The van der Waals surface area contributed by atoms with Crippen LogP contribution >= 0.6 is 0 Å². The molecule has 0 radical (unpaired) electrons. The van der Waals surface area contributed by atoms with E-state index >= 15 is 0 Å². The zero-order valence-electron chi connectivity index (χ0n) is 9.00. The van der Waals surface area contributed by atoms with E-state index in [0.717, 1.165) is 0 Å². The van der Waals surface area contributed by atoms with Crippen molar-refractivity contribution in [2.75, 3.05) is 14.1 Å². The topological polar surface area (TPSA) is 4.44 Å². The van der Waals surface area contributed by atoms with Gasteiger partial charge in [0.25, 0.3) is 0 Å². The summed E-state index contributed by atoms with van der Waals surface area (Å²) in [5, 5.41) is 0. The van der Waals surface area contributed by atoms with E-state index in [2.05, 4.69) is 0 Å². The molecule has 1 aromatic carbocycles. The second-order valence-corrected chi connectivity index (χ2v) is 3.79. The van der Waals surface area contributed by atoms with Gasteiger partial charge in [0.05, 0.1) is 25.2 Å². The average Bonchev–Trinajstić information content (AvgIpc) is 2.14. The van der Waals surface area contributed by atoms with Crippen LogP contribution in [0.5, 0.6) is 0 Å². The van der Waals surface area contributed by atoms with E-state index in [1.165, 1.54) is 14.1 Å². The maximum absolute atomic E-state index is 12.4. The third-order valence-corrected chi connectivity index (χ3v) is 2.17. The van der Waals surface area contributed by atoms with Crippen LogP contribution in [0.3, 0.4) is 0 Å². The number of hydrogen-bond acceptors (Lipinski definition) is 0. The third kappa shape index (κ3) is 3.36. The molecule has 0 unspecified atom stereocenters. The smallest absolute Gasteiger partial charge is 0.307 e. The van der Waals surface area contributed by atoms with Gasteiger partial charge in [-0.25, -0.2) is 0 Å². The first kappa shape index (κ1) is 13.8. The molecule has 0 aromatic heterocycles. The van der Waals surface area contributed by atoms with Crippen molar-refractivity contribution in [3.63, 3.8) is 0 Å².